The van der Waals surface area contributed by atoms with E-state index < -0.39 is 23.1 Å². The predicted molar refractivity (Wildman–Crippen MR) is 66.3 cm³/mol. The van der Waals surface area contributed by atoms with Gasteiger partial charge in [0.25, 0.3) is 0 Å². The van der Waals surface area contributed by atoms with Crippen molar-refractivity contribution in [3.05, 3.63) is 40.8 Å². The Morgan fingerprint density at radius 1 is 1.24 bits per heavy atom. The summed E-state index contributed by atoms with van der Waals surface area (Å²) in [6.07, 6.45) is -4.77. The quantitative estimate of drug-likeness (QED) is 0.821. The van der Waals surface area contributed by atoms with Crippen molar-refractivity contribution in [1.82, 2.24) is 9.97 Å². The molecule has 0 fully saturated rings. The smallest absolute Gasteiger partial charge is 0.382 e. The lowest BCUT2D eigenvalue weighted by Gasteiger charge is -2.13. The van der Waals surface area contributed by atoms with Crippen molar-refractivity contribution in [3.63, 3.8) is 0 Å². The number of nitriles is 1. The molecule has 1 aromatic heterocycles. The first-order valence-corrected chi connectivity index (χ1v) is 5.65. The fourth-order valence-electron chi connectivity index (χ4n) is 1.80. The third kappa shape index (κ3) is 2.76. The Kier molecular flexibility index (Phi) is 3.51. The van der Waals surface area contributed by atoms with Gasteiger partial charge in [0.2, 0.25) is 0 Å². The molecule has 1 heterocycles. The van der Waals surface area contributed by atoms with E-state index in [2.05, 4.69) is 9.97 Å². The number of anilines is 1. The highest BCUT2D eigenvalue weighted by atomic mass is 19.4. The zero-order valence-corrected chi connectivity index (χ0v) is 10.7. The number of nitrogens with two attached hydrogens (primary N) is 1. The highest BCUT2D eigenvalue weighted by Gasteiger charge is 2.35. The summed E-state index contributed by atoms with van der Waals surface area (Å²) in [6.45, 7) is 1.43. The van der Waals surface area contributed by atoms with Crippen LogP contribution in [0.3, 0.4) is 0 Å². The molecule has 0 aliphatic carbocycles. The monoisotopic (exact) mass is 296 g/mol. The van der Waals surface area contributed by atoms with Gasteiger partial charge in [-0.15, -0.1) is 0 Å². The minimum atomic E-state index is -4.77. The van der Waals surface area contributed by atoms with Gasteiger partial charge < -0.3 is 5.73 Å². The number of nitrogen functional groups attached to an aromatic ring is 1. The van der Waals surface area contributed by atoms with Crippen molar-refractivity contribution >= 4 is 5.82 Å². The van der Waals surface area contributed by atoms with Crippen LogP contribution in [0.15, 0.2) is 18.2 Å². The molecule has 0 saturated heterocycles. The average molecular weight is 296 g/mol. The number of hydrogen-bond donors (Lipinski definition) is 1. The lowest BCUT2D eigenvalue weighted by atomic mass is 10.1. The van der Waals surface area contributed by atoms with E-state index in [1.165, 1.54) is 6.92 Å². The summed E-state index contributed by atoms with van der Waals surface area (Å²) in [4.78, 5) is 7.54. The number of halogens is 4. The number of rotatable bonds is 1. The Morgan fingerprint density at radius 2 is 1.90 bits per heavy atom. The number of benzene rings is 1. The Morgan fingerprint density at radius 3 is 2.43 bits per heavy atom. The molecule has 8 heteroatoms. The summed E-state index contributed by atoms with van der Waals surface area (Å²) in [5.74, 6) is -1.56. The van der Waals surface area contributed by atoms with Gasteiger partial charge in [0, 0.05) is 5.56 Å². The van der Waals surface area contributed by atoms with E-state index in [9.17, 15) is 17.6 Å². The van der Waals surface area contributed by atoms with Crippen molar-refractivity contribution in [2.75, 3.05) is 5.73 Å². The van der Waals surface area contributed by atoms with E-state index in [1.54, 1.807) is 6.07 Å². The first-order valence-electron chi connectivity index (χ1n) is 5.65. The number of nitrogens with zero attached hydrogens (tertiary/aromatic N) is 3. The maximum absolute atomic E-state index is 13.1. The molecule has 1 aromatic carbocycles. The highest BCUT2D eigenvalue weighted by molar-refractivity contribution is 5.65. The topological polar surface area (TPSA) is 75.6 Å². The van der Waals surface area contributed by atoms with Crippen LogP contribution in [0, 0.1) is 24.1 Å². The summed E-state index contributed by atoms with van der Waals surface area (Å²) < 4.78 is 51.9. The molecule has 0 spiro atoms. The second kappa shape index (κ2) is 5.01. The zero-order valence-electron chi connectivity index (χ0n) is 10.7. The van der Waals surface area contributed by atoms with Crippen molar-refractivity contribution in [2.24, 2.45) is 0 Å². The van der Waals surface area contributed by atoms with Crippen molar-refractivity contribution < 1.29 is 17.6 Å². The third-order valence-corrected chi connectivity index (χ3v) is 2.76. The van der Waals surface area contributed by atoms with E-state index in [4.69, 9.17) is 11.0 Å². The van der Waals surface area contributed by atoms with Crippen LogP contribution in [-0.2, 0) is 6.18 Å². The van der Waals surface area contributed by atoms with Crippen LogP contribution in [-0.4, -0.2) is 9.97 Å². The Balaban J connectivity index is 2.72. The van der Waals surface area contributed by atoms with Gasteiger partial charge in [0.05, 0.1) is 11.3 Å². The molecule has 2 aromatic rings. The van der Waals surface area contributed by atoms with Crippen molar-refractivity contribution in [1.29, 1.82) is 5.26 Å². The molecule has 0 radical (unpaired) electrons. The standard InChI is InChI=1S/C13H8F4N4/c1-6-9(5-18)11(19)21-12(20-6)8-3-2-7(14)4-10(8)13(15,16)17/h2-4H,1H3,(H2,19,20,21). The molecule has 0 atom stereocenters. The average Bonchev–Trinajstić information content (AvgIpc) is 2.37. The van der Waals surface area contributed by atoms with Crippen LogP contribution in [0.2, 0.25) is 0 Å². The lowest BCUT2D eigenvalue weighted by Crippen LogP contribution is -2.10. The summed E-state index contributed by atoms with van der Waals surface area (Å²) in [6, 6.07) is 3.93. The van der Waals surface area contributed by atoms with Gasteiger partial charge in [0.15, 0.2) is 5.82 Å². The summed E-state index contributed by atoms with van der Waals surface area (Å²) >= 11 is 0. The first kappa shape index (κ1) is 14.7. The minimum absolute atomic E-state index is 0.00517. The SMILES string of the molecule is Cc1nc(-c2ccc(F)cc2C(F)(F)F)nc(N)c1C#N. The molecular formula is C13H8F4N4. The van der Waals surface area contributed by atoms with Gasteiger partial charge in [-0.2, -0.15) is 18.4 Å². The number of alkyl halides is 3. The Bertz CT molecular complexity index is 724. The fraction of sp³-hybridized carbons (Fsp3) is 0.154. The van der Waals surface area contributed by atoms with E-state index >= 15 is 0 Å². The third-order valence-electron chi connectivity index (χ3n) is 2.76. The summed E-state index contributed by atoms with van der Waals surface area (Å²) in [7, 11) is 0. The number of aryl methyl sites for hydroxylation is 1. The van der Waals surface area contributed by atoms with E-state index in [-0.39, 0.29) is 22.9 Å². The maximum atomic E-state index is 13.1. The zero-order chi connectivity index (χ0) is 15.8. The molecule has 0 aliphatic rings. The van der Waals surface area contributed by atoms with Crippen LogP contribution < -0.4 is 5.73 Å². The molecule has 0 saturated carbocycles. The molecular weight excluding hydrogens is 288 g/mol. The van der Waals surface area contributed by atoms with E-state index in [0.717, 1.165) is 12.1 Å². The van der Waals surface area contributed by atoms with Crippen LogP contribution in [0.25, 0.3) is 11.4 Å². The van der Waals surface area contributed by atoms with Crippen molar-refractivity contribution in [2.45, 2.75) is 13.1 Å². The highest BCUT2D eigenvalue weighted by Crippen LogP contribution is 2.36. The van der Waals surface area contributed by atoms with Gasteiger partial charge >= 0.3 is 6.18 Å². The van der Waals surface area contributed by atoms with Gasteiger partial charge in [-0.05, 0) is 25.1 Å². The van der Waals surface area contributed by atoms with Crippen LogP contribution in [0.5, 0.6) is 0 Å². The summed E-state index contributed by atoms with van der Waals surface area (Å²) in [5, 5.41) is 8.84. The molecule has 0 amide bonds. The Labute approximate surface area is 116 Å². The van der Waals surface area contributed by atoms with Gasteiger partial charge in [-0.1, -0.05) is 0 Å². The van der Waals surface area contributed by atoms with E-state index in [0.29, 0.717) is 6.07 Å². The van der Waals surface area contributed by atoms with Crippen LogP contribution in [0.4, 0.5) is 23.4 Å². The second-order valence-corrected chi connectivity index (χ2v) is 4.19. The first-order chi connectivity index (χ1) is 9.74. The normalized spacial score (nSPS) is 11.2. The molecule has 21 heavy (non-hydrogen) atoms. The number of aromatic nitrogens is 2. The molecule has 0 aliphatic heterocycles. The van der Waals surface area contributed by atoms with Gasteiger partial charge in [0.1, 0.15) is 23.3 Å². The molecule has 2 N–H and O–H groups in total. The lowest BCUT2D eigenvalue weighted by molar-refractivity contribution is -0.137. The molecule has 4 nitrogen and oxygen atoms in total. The van der Waals surface area contributed by atoms with Crippen LogP contribution in [0.1, 0.15) is 16.8 Å². The fourth-order valence-corrected chi connectivity index (χ4v) is 1.80. The molecule has 0 unspecified atom stereocenters. The maximum Gasteiger partial charge on any atom is 0.417 e. The van der Waals surface area contributed by atoms with E-state index in [1.807, 2.05) is 0 Å². The second-order valence-electron chi connectivity index (χ2n) is 4.19. The Hall–Kier alpha value is -2.69. The van der Waals surface area contributed by atoms with Crippen LogP contribution >= 0.6 is 0 Å². The van der Waals surface area contributed by atoms with Crippen molar-refractivity contribution in [3.8, 4) is 17.5 Å². The molecule has 2 rings (SSSR count). The minimum Gasteiger partial charge on any atom is -0.382 e. The summed E-state index contributed by atoms with van der Waals surface area (Å²) in [5.41, 5.74) is 4.07. The number of hydrogen-bond acceptors (Lipinski definition) is 4. The van der Waals surface area contributed by atoms with Gasteiger partial charge in [-0.3, -0.25) is 0 Å². The predicted octanol–water partition coefficient (Wildman–Crippen LogP) is 3.06. The van der Waals surface area contributed by atoms with Gasteiger partial charge in [-0.25, -0.2) is 14.4 Å². The molecule has 0 bridgehead atoms. The largest absolute Gasteiger partial charge is 0.417 e. The molecule has 108 valence electrons.